The first kappa shape index (κ1) is 59.0. The van der Waals surface area contributed by atoms with Gasteiger partial charge in [0, 0.05) is 12.8 Å². The molecule has 14 nitrogen and oxygen atoms in total. The van der Waals surface area contributed by atoms with Gasteiger partial charge >= 0.3 is 19.8 Å². The second-order valence-corrected chi connectivity index (χ2v) is 17.5. The molecule has 1 rings (SSSR count). The van der Waals surface area contributed by atoms with E-state index >= 15 is 0 Å². The number of carbonyl (C=O) groups is 2. The molecule has 64 heavy (non-hydrogen) atoms. The van der Waals surface area contributed by atoms with Crippen LogP contribution >= 0.6 is 7.82 Å². The first-order chi connectivity index (χ1) is 30.8. The maximum atomic E-state index is 12.8. The van der Waals surface area contributed by atoms with E-state index in [0.29, 0.717) is 12.8 Å². The van der Waals surface area contributed by atoms with Crippen molar-refractivity contribution in [2.45, 2.75) is 198 Å². The molecule has 15 heteroatoms. The Balaban J connectivity index is 2.57. The van der Waals surface area contributed by atoms with Crippen molar-refractivity contribution in [1.82, 2.24) is 0 Å². The number of hydrogen-bond acceptors (Lipinski definition) is 13. The van der Waals surface area contributed by atoms with Crippen molar-refractivity contribution in [2.24, 2.45) is 0 Å². The summed E-state index contributed by atoms with van der Waals surface area (Å²) in [5.41, 5.74) is 0. The molecule has 0 heterocycles. The molecule has 0 saturated heterocycles. The molecule has 0 bridgehead atoms. The zero-order chi connectivity index (χ0) is 47.3. The van der Waals surface area contributed by atoms with Crippen LogP contribution in [0.1, 0.15) is 149 Å². The second kappa shape index (κ2) is 38.1. The third-order valence-corrected chi connectivity index (χ3v) is 11.3. The van der Waals surface area contributed by atoms with Crippen molar-refractivity contribution in [3.8, 4) is 0 Å². The summed E-state index contributed by atoms with van der Waals surface area (Å²) in [6, 6.07) is 0. The van der Waals surface area contributed by atoms with E-state index in [1.165, 1.54) is 32.1 Å². The zero-order valence-electron chi connectivity index (χ0n) is 38.4. The second-order valence-electron chi connectivity index (χ2n) is 16.1. The van der Waals surface area contributed by atoms with Crippen molar-refractivity contribution in [2.75, 3.05) is 13.2 Å². The standard InChI is InChI=1S/C49H81O14P/c1-3-5-7-9-11-13-15-17-18-20-22-24-26-28-32-36-42(51)60-38-41(39-61-64(58,59)63-49-47(56)45(54)44(53)46(55)48(49)57)62-43(52)37-33-29-31-35-40(50)34-30-27-25-23-21-19-16-14-12-10-8-6-4-2/h6,8,12-15,19,21,25,27,29-31,34,40-41,44-50,53-57H,3-5,7,9-11,16-18,20,22-24,26,28,32-33,35-39H2,1-2H3,(H,58,59)/b8-6-,14-12-,15-13-,21-19-,27-25-,31-29-,34-30-/t40?,41-,44?,45-,46+,47-,48-,49?/m1/s1. The molecule has 1 aliphatic rings. The Bertz CT molecular complexity index is 1460. The van der Waals surface area contributed by atoms with Crippen molar-refractivity contribution in [1.29, 1.82) is 0 Å². The molecule has 0 spiro atoms. The van der Waals surface area contributed by atoms with Gasteiger partial charge in [-0.15, -0.1) is 0 Å². The molecule has 0 radical (unpaired) electrons. The van der Waals surface area contributed by atoms with Crippen LogP contribution < -0.4 is 0 Å². The summed E-state index contributed by atoms with van der Waals surface area (Å²) >= 11 is 0. The van der Waals surface area contributed by atoms with Crippen molar-refractivity contribution >= 4 is 19.8 Å². The van der Waals surface area contributed by atoms with Crippen LogP contribution in [0.15, 0.2) is 85.1 Å². The minimum atomic E-state index is -5.17. The zero-order valence-corrected chi connectivity index (χ0v) is 39.3. The number of phosphoric acid groups is 1. The molecule has 0 aliphatic heterocycles. The van der Waals surface area contributed by atoms with E-state index in [-0.39, 0.29) is 19.3 Å². The molecule has 366 valence electrons. The normalized spacial score (nSPS) is 22.8. The van der Waals surface area contributed by atoms with Crippen molar-refractivity contribution in [3.63, 3.8) is 0 Å². The van der Waals surface area contributed by atoms with Gasteiger partial charge in [0.25, 0.3) is 0 Å². The predicted octanol–water partition coefficient (Wildman–Crippen LogP) is 8.25. The largest absolute Gasteiger partial charge is 0.472 e. The average Bonchev–Trinajstić information content (AvgIpc) is 3.27. The fourth-order valence-corrected chi connectivity index (χ4v) is 7.48. The average molecular weight is 925 g/mol. The SMILES string of the molecule is CC/C=C\C/C=C\C/C=C\C/C=C\C=C/C(O)C/C=C\CCC(=O)O[C@H](COC(=O)CCCCCCCCC/C=C\CCCCCC)COP(=O)(O)OC1[C@H](O)[C@H](O)C(O)[C@H](O)[C@H]1O. The van der Waals surface area contributed by atoms with Crippen LogP contribution in [-0.2, 0) is 32.7 Å². The van der Waals surface area contributed by atoms with Crippen LogP contribution in [-0.4, -0.2) is 110 Å². The lowest BCUT2D eigenvalue weighted by molar-refractivity contribution is -0.220. The minimum absolute atomic E-state index is 0.115. The number of unbranched alkanes of at least 4 members (excludes halogenated alkanes) is 11. The molecule has 0 amide bonds. The van der Waals surface area contributed by atoms with E-state index < -0.39 is 81.8 Å². The van der Waals surface area contributed by atoms with Crippen LogP contribution in [0.4, 0.5) is 0 Å². The van der Waals surface area contributed by atoms with Crippen LogP contribution in [0, 0.1) is 0 Å². The molecule has 4 unspecified atom stereocenters. The summed E-state index contributed by atoms with van der Waals surface area (Å²) < 4.78 is 33.4. The Kier molecular flexibility index (Phi) is 35.2. The van der Waals surface area contributed by atoms with Gasteiger partial charge < -0.3 is 45.0 Å². The molecule has 0 aromatic rings. The predicted molar refractivity (Wildman–Crippen MR) is 250 cm³/mol. The van der Waals surface area contributed by atoms with E-state index in [2.05, 4.69) is 62.5 Å². The van der Waals surface area contributed by atoms with Crippen LogP contribution in [0.2, 0.25) is 0 Å². The minimum Gasteiger partial charge on any atom is -0.462 e. The van der Waals surface area contributed by atoms with Gasteiger partial charge in [-0.25, -0.2) is 4.57 Å². The Morgan fingerprint density at radius 1 is 0.578 bits per heavy atom. The highest BCUT2D eigenvalue weighted by atomic mass is 31.2. The highest BCUT2D eigenvalue weighted by molar-refractivity contribution is 7.47. The Morgan fingerprint density at radius 3 is 1.72 bits per heavy atom. The third kappa shape index (κ3) is 30.2. The molecule has 0 aromatic heterocycles. The molecule has 7 N–H and O–H groups in total. The van der Waals surface area contributed by atoms with Gasteiger partial charge in [0.15, 0.2) is 6.10 Å². The summed E-state index contributed by atoms with van der Waals surface area (Å²) in [5.74, 6) is -1.29. The van der Waals surface area contributed by atoms with Crippen molar-refractivity contribution < 1.29 is 68.2 Å². The Labute approximate surface area is 382 Å². The molecule has 9 atom stereocenters. The maximum Gasteiger partial charge on any atom is 0.472 e. The van der Waals surface area contributed by atoms with Gasteiger partial charge in [-0.3, -0.25) is 18.6 Å². The van der Waals surface area contributed by atoms with Crippen molar-refractivity contribution in [3.05, 3.63) is 85.1 Å². The number of esters is 2. The number of allylic oxidation sites excluding steroid dienone is 12. The summed E-state index contributed by atoms with van der Waals surface area (Å²) in [6.45, 7) is 3.01. The first-order valence-electron chi connectivity index (χ1n) is 23.5. The third-order valence-electron chi connectivity index (χ3n) is 10.3. The first-order valence-corrected chi connectivity index (χ1v) is 25.0. The lowest BCUT2D eigenvalue weighted by atomic mass is 9.85. The van der Waals surface area contributed by atoms with Gasteiger partial charge in [-0.2, -0.15) is 0 Å². The fraction of sp³-hybridized carbons (Fsp3) is 0.673. The summed E-state index contributed by atoms with van der Waals surface area (Å²) in [4.78, 5) is 35.7. The summed E-state index contributed by atoms with van der Waals surface area (Å²) in [5, 5.41) is 60.4. The van der Waals surface area contributed by atoms with E-state index in [9.17, 15) is 49.7 Å². The van der Waals surface area contributed by atoms with Gasteiger partial charge in [0.2, 0.25) is 0 Å². The lowest BCUT2D eigenvalue weighted by Gasteiger charge is -2.41. The quantitative estimate of drug-likeness (QED) is 0.0102. The van der Waals surface area contributed by atoms with Crippen LogP contribution in [0.25, 0.3) is 0 Å². The smallest absolute Gasteiger partial charge is 0.462 e. The highest BCUT2D eigenvalue weighted by Gasteiger charge is 2.51. The van der Waals surface area contributed by atoms with E-state index in [1.54, 1.807) is 24.3 Å². The number of phosphoric ester groups is 1. The fourth-order valence-electron chi connectivity index (χ4n) is 6.51. The number of carbonyl (C=O) groups excluding carboxylic acids is 2. The summed E-state index contributed by atoms with van der Waals surface area (Å²) in [7, 11) is -5.17. The number of rotatable bonds is 37. The van der Waals surface area contributed by atoms with Gasteiger partial charge in [0.1, 0.15) is 43.2 Å². The molecular formula is C49H81O14P. The number of aliphatic hydroxyl groups excluding tert-OH is 6. The molecule has 0 aromatic carbocycles. The molecule has 1 fully saturated rings. The molecular weight excluding hydrogens is 843 g/mol. The van der Waals surface area contributed by atoms with Gasteiger partial charge in [-0.1, -0.05) is 150 Å². The van der Waals surface area contributed by atoms with E-state index in [4.69, 9.17) is 18.5 Å². The van der Waals surface area contributed by atoms with Gasteiger partial charge in [0.05, 0.1) is 12.7 Å². The molecule has 1 aliphatic carbocycles. The van der Waals surface area contributed by atoms with E-state index in [0.717, 1.165) is 70.6 Å². The molecule has 1 saturated carbocycles. The number of ether oxygens (including phenoxy) is 2. The van der Waals surface area contributed by atoms with Gasteiger partial charge in [-0.05, 0) is 70.6 Å². The maximum absolute atomic E-state index is 12.8. The Hall–Kier alpha value is -3.01. The monoisotopic (exact) mass is 925 g/mol. The Morgan fingerprint density at radius 2 is 1.11 bits per heavy atom. The highest BCUT2D eigenvalue weighted by Crippen LogP contribution is 2.47. The number of aliphatic hydroxyl groups is 6. The number of hydrogen-bond donors (Lipinski definition) is 7. The van der Waals surface area contributed by atoms with Crippen LogP contribution in [0.3, 0.4) is 0 Å². The van der Waals surface area contributed by atoms with Crippen LogP contribution in [0.5, 0.6) is 0 Å². The topological polar surface area (TPSA) is 230 Å². The lowest BCUT2D eigenvalue weighted by Crippen LogP contribution is -2.64. The summed E-state index contributed by atoms with van der Waals surface area (Å²) in [6.07, 6.45) is 32.3. The van der Waals surface area contributed by atoms with E-state index in [1.807, 2.05) is 12.2 Å².